The third kappa shape index (κ3) is 4.82. The van der Waals surface area contributed by atoms with Crippen molar-refractivity contribution < 1.29 is 9.18 Å². The van der Waals surface area contributed by atoms with Crippen LogP contribution in [0.5, 0.6) is 0 Å². The molecular formula is C14H21FN2O. The summed E-state index contributed by atoms with van der Waals surface area (Å²) in [5.41, 5.74) is 0.328. The van der Waals surface area contributed by atoms with Gasteiger partial charge in [-0.2, -0.15) is 4.39 Å². The molecule has 0 aromatic carbocycles. The van der Waals surface area contributed by atoms with Gasteiger partial charge in [-0.15, -0.1) is 0 Å². The Labute approximate surface area is 108 Å². The number of hydrogen-bond donors (Lipinski definition) is 1. The minimum Gasteiger partial charge on any atom is -0.352 e. The zero-order chi connectivity index (χ0) is 13.4. The van der Waals surface area contributed by atoms with Crippen molar-refractivity contribution in [2.75, 3.05) is 6.54 Å². The van der Waals surface area contributed by atoms with Crippen LogP contribution in [0.15, 0.2) is 18.3 Å². The molecule has 1 N–H and O–H groups in total. The van der Waals surface area contributed by atoms with Crippen LogP contribution in [0.2, 0.25) is 0 Å². The number of nitrogens with one attached hydrogen (secondary N) is 1. The van der Waals surface area contributed by atoms with Crippen molar-refractivity contribution in [2.24, 2.45) is 5.92 Å². The van der Waals surface area contributed by atoms with Crippen LogP contribution in [-0.2, 0) is 0 Å². The van der Waals surface area contributed by atoms with Crippen LogP contribution < -0.4 is 5.32 Å². The molecule has 0 unspecified atom stereocenters. The van der Waals surface area contributed by atoms with Gasteiger partial charge in [-0.05, 0) is 24.8 Å². The average molecular weight is 252 g/mol. The molecule has 1 aromatic rings. The van der Waals surface area contributed by atoms with Gasteiger partial charge < -0.3 is 5.32 Å². The lowest BCUT2D eigenvalue weighted by Gasteiger charge is -2.15. The highest BCUT2D eigenvalue weighted by Crippen LogP contribution is 2.12. The Bertz CT molecular complexity index is 376. The SMILES string of the molecule is CCCC(CCC)CNC(=O)c1ccnc(F)c1. The largest absolute Gasteiger partial charge is 0.352 e. The number of amides is 1. The van der Waals surface area contributed by atoms with Crippen LogP contribution in [0.3, 0.4) is 0 Å². The van der Waals surface area contributed by atoms with Crippen molar-refractivity contribution in [1.29, 1.82) is 0 Å². The summed E-state index contributed by atoms with van der Waals surface area (Å²) in [4.78, 5) is 15.2. The number of pyridine rings is 1. The Morgan fingerprint density at radius 2 is 2.06 bits per heavy atom. The number of hydrogen-bond acceptors (Lipinski definition) is 2. The number of aromatic nitrogens is 1. The molecule has 0 aliphatic heterocycles. The van der Waals surface area contributed by atoms with Gasteiger partial charge in [-0.3, -0.25) is 4.79 Å². The zero-order valence-corrected chi connectivity index (χ0v) is 11.1. The molecular weight excluding hydrogens is 231 g/mol. The smallest absolute Gasteiger partial charge is 0.251 e. The molecule has 0 saturated heterocycles. The van der Waals surface area contributed by atoms with E-state index in [0.29, 0.717) is 18.0 Å². The van der Waals surface area contributed by atoms with Crippen LogP contribution in [0.25, 0.3) is 0 Å². The van der Waals surface area contributed by atoms with E-state index in [-0.39, 0.29) is 5.91 Å². The van der Waals surface area contributed by atoms with E-state index in [1.807, 2.05) is 0 Å². The molecule has 0 fully saturated rings. The van der Waals surface area contributed by atoms with Gasteiger partial charge in [0.2, 0.25) is 5.95 Å². The first-order valence-corrected chi connectivity index (χ1v) is 6.57. The van der Waals surface area contributed by atoms with Gasteiger partial charge in [-0.1, -0.05) is 26.7 Å². The highest BCUT2D eigenvalue weighted by molar-refractivity contribution is 5.93. The van der Waals surface area contributed by atoms with E-state index < -0.39 is 5.95 Å². The molecule has 0 aliphatic rings. The summed E-state index contributed by atoms with van der Waals surface area (Å²) in [6, 6.07) is 2.68. The minimum absolute atomic E-state index is 0.228. The van der Waals surface area contributed by atoms with Crippen molar-refractivity contribution >= 4 is 5.91 Å². The second kappa shape index (κ2) is 7.80. The molecule has 0 aliphatic carbocycles. The van der Waals surface area contributed by atoms with Gasteiger partial charge in [0, 0.05) is 24.4 Å². The fraction of sp³-hybridized carbons (Fsp3) is 0.571. The Morgan fingerprint density at radius 3 is 2.61 bits per heavy atom. The van der Waals surface area contributed by atoms with Crippen molar-refractivity contribution in [1.82, 2.24) is 10.3 Å². The normalized spacial score (nSPS) is 10.7. The summed E-state index contributed by atoms with van der Waals surface area (Å²) in [6.45, 7) is 4.94. The van der Waals surface area contributed by atoms with Crippen LogP contribution in [0.1, 0.15) is 49.9 Å². The summed E-state index contributed by atoms with van der Waals surface area (Å²) < 4.78 is 12.9. The third-order valence-corrected chi connectivity index (χ3v) is 2.93. The molecule has 1 heterocycles. The predicted molar refractivity (Wildman–Crippen MR) is 69.8 cm³/mol. The standard InChI is InChI=1S/C14H21FN2O/c1-3-5-11(6-4-2)10-17-14(18)12-7-8-16-13(15)9-12/h7-9,11H,3-6,10H2,1-2H3,(H,17,18). The fourth-order valence-electron chi connectivity index (χ4n) is 2.05. The lowest BCUT2D eigenvalue weighted by molar-refractivity contribution is 0.0944. The van der Waals surface area contributed by atoms with Gasteiger partial charge in [0.1, 0.15) is 0 Å². The number of rotatable bonds is 7. The van der Waals surface area contributed by atoms with E-state index in [0.717, 1.165) is 31.7 Å². The fourth-order valence-corrected chi connectivity index (χ4v) is 2.05. The highest BCUT2D eigenvalue weighted by atomic mass is 19.1. The van der Waals surface area contributed by atoms with Gasteiger partial charge in [-0.25, -0.2) is 4.98 Å². The summed E-state index contributed by atoms with van der Waals surface area (Å²) in [5, 5.41) is 2.86. The third-order valence-electron chi connectivity index (χ3n) is 2.93. The van der Waals surface area contributed by atoms with Gasteiger partial charge >= 0.3 is 0 Å². The average Bonchev–Trinajstić information content (AvgIpc) is 2.36. The summed E-state index contributed by atoms with van der Waals surface area (Å²) in [5.74, 6) is -0.342. The lowest BCUT2D eigenvalue weighted by atomic mass is 9.98. The second-order valence-electron chi connectivity index (χ2n) is 4.52. The van der Waals surface area contributed by atoms with Gasteiger partial charge in [0.05, 0.1) is 0 Å². The Balaban J connectivity index is 2.49. The first kappa shape index (κ1) is 14.6. The van der Waals surface area contributed by atoms with Crippen molar-refractivity contribution in [3.8, 4) is 0 Å². The first-order valence-electron chi connectivity index (χ1n) is 6.57. The monoisotopic (exact) mass is 252 g/mol. The van der Waals surface area contributed by atoms with Gasteiger partial charge in [0.15, 0.2) is 0 Å². The summed E-state index contributed by atoms with van der Waals surface area (Å²) in [7, 11) is 0. The molecule has 3 nitrogen and oxygen atoms in total. The molecule has 0 bridgehead atoms. The summed E-state index contributed by atoms with van der Waals surface area (Å²) >= 11 is 0. The minimum atomic E-state index is -0.624. The van der Waals surface area contributed by atoms with Crippen LogP contribution in [0.4, 0.5) is 4.39 Å². The molecule has 18 heavy (non-hydrogen) atoms. The predicted octanol–water partition coefficient (Wildman–Crippen LogP) is 3.17. The summed E-state index contributed by atoms with van der Waals surface area (Å²) in [6.07, 6.45) is 5.76. The highest BCUT2D eigenvalue weighted by Gasteiger charge is 2.11. The molecule has 0 spiro atoms. The van der Waals surface area contributed by atoms with Crippen LogP contribution >= 0.6 is 0 Å². The van der Waals surface area contributed by atoms with E-state index >= 15 is 0 Å². The molecule has 1 rings (SSSR count). The number of nitrogens with zero attached hydrogens (tertiary/aromatic N) is 1. The molecule has 0 atom stereocenters. The zero-order valence-electron chi connectivity index (χ0n) is 11.1. The second-order valence-corrected chi connectivity index (χ2v) is 4.52. The topological polar surface area (TPSA) is 42.0 Å². The number of halogens is 1. The van der Waals surface area contributed by atoms with E-state index in [1.54, 1.807) is 0 Å². The lowest BCUT2D eigenvalue weighted by Crippen LogP contribution is -2.29. The molecule has 0 radical (unpaired) electrons. The van der Waals surface area contributed by atoms with E-state index in [9.17, 15) is 9.18 Å². The van der Waals surface area contributed by atoms with Crippen molar-refractivity contribution in [3.05, 3.63) is 29.8 Å². The molecule has 0 saturated carbocycles. The van der Waals surface area contributed by atoms with Gasteiger partial charge in [0.25, 0.3) is 5.91 Å². The first-order chi connectivity index (χ1) is 8.67. The van der Waals surface area contributed by atoms with Crippen molar-refractivity contribution in [2.45, 2.75) is 39.5 Å². The Hall–Kier alpha value is -1.45. The number of carbonyl (C=O) groups is 1. The maximum Gasteiger partial charge on any atom is 0.251 e. The van der Waals surface area contributed by atoms with E-state index in [2.05, 4.69) is 24.1 Å². The molecule has 1 aromatic heterocycles. The maximum absolute atomic E-state index is 12.9. The van der Waals surface area contributed by atoms with Crippen LogP contribution in [-0.4, -0.2) is 17.4 Å². The van der Waals surface area contributed by atoms with Crippen LogP contribution in [0, 0.1) is 11.9 Å². The van der Waals surface area contributed by atoms with E-state index in [1.165, 1.54) is 12.3 Å². The quantitative estimate of drug-likeness (QED) is 0.757. The Kier molecular flexibility index (Phi) is 6.33. The number of carbonyl (C=O) groups excluding carboxylic acids is 1. The molecule has 100 valence electrons. The molecule has 1 amide bonds. The molecule has 4 heteroatoms. The van der Waals surface area contributed by atoms with E-state index in [4.69, 9.17) is 0 Å². The Morgan fingerprint density at radius 1 is 1.39 bits per heavy atom. The van der Waals surface area contributed by atoms with Crippen molar-refractivity contribution in [3.63, 3.8) is 0 Å². The maximum atomic E-state index is 12.9.